The molecular formula is C38H52N6O7S. The van der Waals surface area contributed by atoms with Crippen LogP contribution >= 0.6 is 0 Å². The summed E-state index contributed by atoms with van der Waals surface area (Å²) in [6, 6.07) is 18.9. The minimum Gasteiger partial charge on any atom is -0.390 e. The lowest BCUT2D eigenvalue weighted by atomic mass is 9.95. The van der Waals surface area contributed by atoms with Crippen LogP contribution < -0.4 is 5.32 Å². The summed E-state index contributed by atoms with van der Waals surface area (Å²) >= 11 is 0. The highest BCUT2D eigenvalue weighted by atomic mass is 32.2. The fourth-order valence-electron chi connectivity index (χ4n) is 6.40. The van der Waals surface area contributed by atoms with Gasteiger partial charge in [0.25, 0.3) is 0 Å². The Bertz CT molecular complexity index is 1730. The lowest BCUT2D eigenvalue weighted by molar-refractivity contribution is -0.128. The topological polar surface area (TPSA) is 162 Å². The van der Waals surface area contributed by atoms with Crippen molar-refractivity contribution in [1.82, 2.24) is 24.4 Å². The molecule has 0 unspecified atom stereocenters. The van der Waals surface area contributed by atoms with Gasteiger partial charge in [0.15, 0.2) is 0 Å². The summed E-state index contributed by atoms with van der Waals surface area (Å²) in [5.41, 5.74) is 2.90. The van der Waals surface area contributed by atoms with E-state index in [9.17, 15) is 28.0 Å². The van der Waals surface area contributed by atoms with Crippen LogP contribution in [0, 0.1) is 16.7 Å². The number of benzene rings is 2. The molecule has 1 aromatic heterocycles. The first-order chi connectivity index (χ1) is 24.9. The van der Waals surface area contributed by atoms with Crippen LogP contribution in [-0.4, -0.2) is 96.0 Å². The molecule has 282 valence electrons. The number of rotatable bonds is 20. The summed E-state index contributed by atoms with van der Waals surface area (Å²) in [6.07, 6.45) is -0.450. The molecule has 2 aromatic carbocycles. The number of hydrogen-bond acceptors (Lipinski definition) is 9. The van der Waals surface area contributed by atoms with E-state index >= 15 is 0 Å². The largest absolute Gasteiger partial charge is 0.390 e. The van der Waals surface area contributed by atoms with E-state index in [2.05, 4.69) is 15.5 Å². The van der Waals surface area contributed by atoms with Crippen LogP contribution in [0.1, 0.15) is 56.6 Å². The van der Waals surface area contributed by atoms with Crippen LogP contribution in [0.25, 0.3) is 0 Å². The van der Waals surface area contributed by atoms with Crippen molar-refractivity contribution in [2.24, 2.45) is 17.0 Å². The second kappa shape index (κ2) is 19.0. The molecule has 1 aliphatic rings. The molecule has 1 saturated heterocycles. The molecule has 14 heteroatoms. The molecule has 1 fully saturated rings. The Kier molecular flexibility index (Phi) is 14.8. The number of carbonyl (C=O) groups excluding carboxylic acids is 2. The maximum absolute atomic E-state index is 14.3. The number of ether oxygens (including phenoxy) is 1. The van der Waals surface area contributed by atoms with E-state index < -0.39 is 34.1 Å². The van der Waals surface area contributed by atoms with Gasteiger partial charge in [-0.2, -0.15) is 9.21 Å². The van der Waals surface area contributed by atoms with Crippen LogP contribution in [0.2, 0.25) is 0 Å². The molecule has 0 saturated carbocycles. The third-order valence-electron chi connectivity index (χ3n) is 9.28. The summed E-state index contributed by atoms with van der Waals surface area (Å²) < 4.78 is 34.3. The number of nitrogens with one attached hydrogen (secondary N) is 1. The first-order valence-electron chi connectivity index (χ1n) is 17.8. The predicted octanol–water partition coefficient (Wildman–Crippen LogP) is 4.58. The number of urea groups is 1. The maximum atomic E-state index is 14.3. The fraction of sp³-hybridized carbons (Fsp3) is 0.500. The van der Waals surface area contributed by atoms with E-state index in [1.165, 1.54) is 16.4 Å². The van der Waals surface area contributed by atoms with E-state index in [4.69, 9.17) is 4.74 Å². The average Bonchev–Trinajstić information content (AvgIpc) is 3.47. The molecule has 0 spiro atoms. The standard InChI is InChI=1S/C38H52N6O7S/c1-6-28(4)36(44-20-19-42(38(44)47)24-31-13-10-14-32(40-31)26-51-5)37(46)41-34(21-29-11-8-7-9-12-29)35(45)25-43(23-27(2)3)52(49,50)33-17-15-30(16-18-33)22-39-48/h7-18,27-28,34-36,45H,6,19-26H2,1-5H3,(H,41,46)/t28-,34-,35+,36-/m0/s1. The summed E-state index contributed by atoms with van der Waals surface area (Å²) in [6.45, 7) is 8.82. The van der Waals surface area contributed by atoms with Crippen LogP contribution in [0.5, 0.6) is 0 Å². The lowest BCUT2D eigenvalue weighted by Crippen LogP contribution is -2.57. The average molecular weight is 737 g/mol. The molecule has 1 aliphatic heterocycles. The SMILES string of the molecule is CC[C@H](C)[C@@H](C(=O)N[C@@H](Cc1ccccc1)[C@H](O)CN(CC(C)C)S(=O)(=O)c1ccc(CN=O)cc1)N1CCN(Cc2cccc(COC)n2)C1=O. The Balaban J connectivity index is 1.58. The maximum Gasteiger partial charge on any atom is 0.321 e. The third kappa shape index (κ3) is 10.7. The molecule has 2 heterocycles. The van der Waals surface area contributed by atoms with E-state index in [1.807, 2.05) is 76.2 Å². The highest BCUT2D eigenvalue weighted by Gasteiger charge is 2.41. The van der Waals surface area contributed by atoms with Gasteiger partial charge in [-0.1, -0.05) is 87.8 Å². The van der Waals surface area contributed by atoms with Gasteiger partial charge in [-0.25, -0.2) is 13.2 Å². The minimum atomic E-state index is -4.07. The van der Waals surface area contributed by atoms with Gasteiger partial charge in [-0.15, -0.1) is 0 Å². The Morgan fingerprint density at radius 2 is 1.67 bits per heavy atom. The zero-order valence-corrected chi connectivity index (χ0v) is 31.5. The monoisotopic (exact) mass is 736 g/mol. The molecule has 0 radical (unpaired) electrons. The second-order valence-electron chi connectivity index (χ2n) is 13.8. The van der Waals surface area contributed by atoms with E-state index in [-0.39, 0.29) is 55.4 Å². The zero-order chi connectivity index (χ0) is 37.8. The van der Waals surface area contributed by atoms with Gasteiger partial charge in [-0.05, 0) is 53.6 Å². The highest BCUT2D eigenvalue weighted by Crippen LogP contribution is 2.24. The molecule has 2 N–H and O–H groups in total. The molecule has 0 bridgehead atoms. The van der Waals surface area contributed by atoms with Gasteiger partial charge < -0.3 is 25.0 Å². The first kappa shape index (κ1) is 40.5. The summed E-state index contributed by atoms with van der Waals surface area (Å²) in [5.74, 6) is -0.696. The number of aromatic nitrogens is 1. The van der Waals surface area contributed by atoms with Crippen LogP contribution in [0.3, 0.4) is 0 Å². The molecule has 3 amide bonds. The van der Waals surface area contributed by atoms with Crippen molar-refractivity contribution in [1.29, 1.82) is 0 Å². The number of nitroso groups, excluding NO2 is 1. The van der Waals surface area contributed by atoms with Crippen LogP contribution in [0.4, 0.5) is 4.79 Å². The van der Waals surface area contributed by atoms with Crippen LogP contribution in [-0.2, 0) is 45.7 Å². The van der Waals surface area contributed by atoms with E-state index in [1.54, 1.807) is 29.0 Å². The van der Waals surface area contributed by atoms with Crippen molar-refractivity contribution in [3.8, 4) is 0 Å². The highest BCUT2D eigenvalue weighted by molar-refractivity contribution is 7.89. The number of amides is 3. The normalized spacial score (nSPS) is 15.9. The van der Waals surface area contributed by atoms with Gasteiger partial charge in [0.05, 0.1) is 41.6 Å². The van der Waals surface area contributed by atoms with Crippen molar-refractivity contribution in [3.05, 3.63) is 100 Å². The number of pyridine rings is 1. The summed E-state index contributed by atoms with van der Waals surface area (Å²) in [7, 11) is -2.47. The van der Waals surface area contributed by atoms with Crippen molar-refractivity contribution >= 4 is 22.0 Å². The second-order valence-corrected chi connectivity index (χ2v) is 15.7. The van der Waals surface area contributed by atoms with Crippen LogP contribution in [0.15, 0.2) is 82.9 Å². The number of aliphatic hydroxyl groups excluding tert-OH is 1. The molecular weight excluding hydrogens is 685 g/mol. The van der Waals surface area contributed by atoms with E-state index in [0.717, 1.165) is 17.0 Å². The van der Waals surface area contributed by atoms with Gasteiger partial charge in [0, 0.05) is 33.3 Å². The number of methoxy groups -OCH3 is 1. The van der Waals surface area contributed by atoms with E-state index in [0.29, 0.717) is 31.7 Å². The summed E-state index contributed by atoms with van der Waals surface area (Å²) in [4.78, 5) is 46.7. The van der Waals surface area contributed by atoms with Gasteiger partial charge in [-0.3, -0.25) is 9.78 Å². The Morgan fingerprint density at radius 3 is 2.31 bits per heavy atom. The molecule has 4 rings (SSSR count). The Morgan fingerprint density at radius 1 is 0.981 bits per heavy atom. The quantitative estimate of drug-likeness (QED) is 0.159. The van der Waals surface area contributed by atoms with Gasteiger partial charge in [0.2, 0.25) is 15.9 Å². The molecule has 13 nitrogen and oxygen atoms in total. The molecule has 52 heavy (non-hydrogen) atoms. The Hall–Kier alpha value is -4.24. The summed E-state index contributed by atoms with van der Waals surface area (Å²) in [5, 5.41) is 17.7. The number of nitrogens with zero attached hydrogens (tertiary/aromatic N) is 5. The van der Waals surface area contributed by atoms with Gasteiger partial charge in [0.1, 0.15) is 12.6 Å². The van der Waals surface area contributed by atoms with Crippen molar-refractivity contribution in [3.63, 3.8) is 0 Å². The first-order valence-corrected chi connectivity index (χ1v) is 19.2. The smallest absolute Gasteiger partial charge is 0.321 e. The number of aliphatic hydroxyl groups is 1. The number of sulfonamides is 1. The van der Waals surface area contributed by atoms with Crippen molar-refractivity contribution < 1.29 is 27.9 Å². The van der Waals surface area contributed by atoms with Gasteiger partial charge >= 0.3 is 6.03 Å². The fourth-order valence-corrected chi connectivity index (χ4v) is 8.02. The lowest BCUT2D eigenvalue weighted by Gasteiger charge is -2.35. The minimum absolute atomic E-state index is 0.0215. The Labute approximate surface area is 307 Å². The number of hydrogen-bond donors (Lipinski definition) is 2. The van der Waals surface area contributed by atoms with Crippen molar-refractivity contribution in [2.75, 3.05) is 33.3 Å². The predicted molar refractivity (Wildman–Crippen MR) is 198 cm³/mol. The molecule has 4 atom stereocenters. The number of carbonyl (C=O) groups is 2. The third-order valence-corrected chi connectivity index (χ3v) is 11.1. The molecule has 3 aromatic rings. The molecule has 0 aliphatic carbocycles. The van der Waals surface area contributed by atoms with Crippen molar-refractivity contribution in [2.45, 2.75) is 83.3 Å². The zero-order valence-electron chi connectivity index (χ0n) is 30.7.